The first kappa shape index (κ1) is 15.1. The Kier molecular flexibility index (Phi) is 5.61. The van der Waals surface area contributed by atoms with Crippen LogP contribution >= 0.6 is 15.9 Å². The van der Waals surface area contributed by atoms with Crippen LogP contribution < -0.4 is 10.1 Å². The van der Waals surface area contributed by atoms with Crippen molar-refractivity contribution in [3.05, 3.63) is 47.0 Å². The van der Waals surface area contributed by atoms with Crippen molar-refractivity contribution >= 4 is 15.9 Å². The van der Waals surface area contributed by atoms with Crippen LogP contribution in [0.5, 0.6) is 5.75 Å². The average molecular weight is 338 g/mol. The van der Waals surface area contributed by atoms with Crippen LogP contribution in [0.2, 0.25) is 0 Å². The smallest absolute Gasteiger partial charge is 0.122 e. The van der Waals surface area contributed by atoms with Crippen molar-refractivity contribution in [3.8, 4) is 5.75 Å². The first-order valence-electron chi connectivity index (χ1n) is 6.77. The molecule has 0 saturated heterocycles. The normalized spacial score (nSPS) is 11.0. The topological polar surface area (TPSA) is 39.1 Å². The molecule has 0 bridgehead atoms. The van der Waals surface area contributed by atoms with Gasteiger partial charge in [-0.3, -0.25) is 0 Å². The van der Waals surface area contributed by atoms with Crippen molar-refractivity contribution in [3.63, 3.8) is 0 Å². The van der Waals surface area contributed by atoms with E-state index < -0.39 is 0 Å². The average Bonchev–Trinajstić information content (AvgIpc) is 2.84. The molecule has 1 N–H and O–H groups in total. The summed E-state index contributed by atoms with van der Waals surface area (Å²) in [6, 6.07) is 8.33. The summed E-state index contributed by atoms with van der Waals surface area (Å²) in [7, 11) is 0. The van der Waals surface area contributed by atoms with E-state index >= 15 is 0 Å². The lowest BCUT2D eigenvalue weighted by Crippen LogP contribution is -2.24. The lowest BCUT2D eigenvalue weighted by atomic mass is 10.3. The second kappa shape index (κ2) is 7.45. The Morgan fingerprint density at radius 2 is 2.25 bits per heavy atom. The number of halogens is 1. The van der Waals surface area contributed by atoms with Gasteiger partial charge in [-0.15, -0.1) is 0 Å². The van der Waals surface area contributed by atoms with Gasteiger partial charge in [0.2, 0.25) is 0 Å². The summed E-state index contributed by atoms with van der Waals surface area (Å²) in [6.45, 7) is 6.46. The summed E-state index contributed by atoms with van der Waals surface area (Å²) in [4.78, 5) is 4.37. The van der Waals surface area contributed by atoms with Crippen molar-refractivity contribution in [1.29, 1.82) is 0 Å². The predicted molar refractivity (Wildman–Crippen MR) is 83.8 cm³/mol. The number of hydrogen-bond donors (Lipinski definition) is 1. The minimum atomic E-state index is 0.457. The van der Waals surface area contributed by atoms with Crippen LogP contribution in [-0.2, 0) is 13.1 Å². The molecular weight excluding hydrogens is 318 g/mol. The second-order valence-electron chi connectivity index (χ2n) is 4.88. The van der Waals surface area contributed by atoms with Crippen LogP contribution in [0.4, 0.5) is 0 Å². The van der Waals surface area contributed by atoms with Gasteiger partial charge in [-0.25, -0.2) is 4.98 Å². The first-order chi connectivity index (χ1) is 9.65. The van der Waals surface area contributed by atoms with E-state index in [1.165, 1.54) is 0 Å². The molecule has 108 valence electrons. The Morgan fingerprint density at radius 3 is 3.00 bits per heavy atom. The molecule has 1 aromatic heterocycles. The van der Waals surface area contributed by atoms with Crippen molar-refractivity contribution in [2.45, 2.75) is 33.0 Å². The third-order valence-corrected chi connectivity index (χ3v) is 3.36. The zero-order chi connectivity index (χ0) is 14.4. The Bertz CT molecular complexity index is 539. The monoisotopic (exact) mass is 337 g/mol. The van der Waals surface area contributed by atoms with E-state index in [0.717, 1.165) is 29.1 Å². The lowest BCUT2D eigenvalue weighted by Gasteiger charge is -2.11. The van der Waals surface area contributed by atoms with E-state index in [0.29, 0.717) is 12.6 Å². The fourth-order valence-electron chi connectivity index (χ4n) is 1.82. The van der Waals surface area contributed by atoms with E-state index in [1.54, 1.807) is 0 Å². The molecule has 2 rings (SSSR count). The molecule has 0 unspecified atom stereocenters. The molecule has 20 heavy (non-hydrogen) atoms. The van der Waals surface area contributed by atoms with Crippen LogP contribution in [0.25, 0.3) is 0 Å². The summed E-state index contributed by atoms with van der Waals surface area (Å²) in [5, 5.41) is 3.37. The molecule has 0 aliphatic heterocycles. The largest absolute Gasteiger partial charge is 0.492 e. The van der Waals surface area contributed by atoms with Gasteiger partial charge >= 0.3 is 0 Å². The highest BCUT2D eigenvalue weighted by atomic mass is 79.9. The van der Waals surface area contributed by atoms with Crippen molar-refractivity contribution in [1.82, 2.24) is 14.9 Å². The lowest BCUT2D eigenvalue weighted by molar-refractivity contribution is 0.295. The number of nitrogens with one attached hydrogen (secondary N) is 1. The number of benzene rings is 1. The maximum atomic E-state index is 5.74. The van der Waals surface area contributed by atoms with E-state index in [1.807, 2.05) is 36.7 Å². The molecule has 1 aromatic carbocycles. The molecule has 0 aliphatic carbocycles. The molecule has 1 heterocycles. The number of aromatic nitrogens is 2. The van der Waals surface area contributed by atoms with E-state index in [2.05, 4.69) is 44.6 Å². The zero-order valence-corrected chi connectivity index (χ0v) is 13.4. The van der Waals surface area contributed by atoms with Crippen LogP contribution in [0.15, 0.2) is 41.1 Å². The number of imidazole rings is 1. The molecule has 0 aliphatic rings. The van der Waals surface area contributed by atoms with Gasteiger partial charge in [0.1, 0.15) is 18.2 Å². The van der Waals surface area contributed by atoms with Crippen molar-refractivity contribution in [2.24, 2.45) is 0 Å². The standard InChI is InChI=1S/C15H20BrN3O/c1-12(2)18-11-15-17-6-7-19(15)8-9-20-14-5-3-4-13(16)10-14/h3-7,10,12,18H,8-9,11H2,1-2H3. The Labute approximate surface area is 128 Å². The van der Waals surface area contributed by atoms with E-state index in [4.69, 9.17) is 4.74 Å². The van der Waals surface area contributed by atoms with Gasteiger partial charge in [0.25, 0.3) is 0 Å². The summed E-state index contributed by atoms with van der Waals surface area (Å²) < 4.78 is 8.89. The molecule has 0 atom stereocenters. The zero-order valence-electron chi connectivity index (χ0n) is 11.8. The van der Waals surface area contributed by atoms with Gasteiger partial charge in [0.15, 0.2) is 0 Å². The van der Waals surface area contributed by atoms with Crippen LogP contribution in [0, 0.1) is 0 Å². The molecule has 0 amide bonds. The third kappa shape index (κ3) is 4.65. The molecular formula is C15H20BrN3O. The van der Waals surface area contributed by atoms with Crippen LogP contribution in [-0.4, -0.2) is 22.2 Å². The van der Waals surface area contributed by atoms with Crippen molar-refractivity contribution < 1.29 is 4.74 Å². The molecule has 2 aromatic rings. The Morgan fingerprint density at radius 1 is 1.40 bits per heavy atom. The molecule has 0 spiro atoms. The predicted octanol–water partition coefficient (Wildman–Crippen LogP) is 3.22. The fraction of sp³-hybridized carbons (Fsp3) is 0.400. The maximum absolute atomic E-state index is 5.74. The summed E-state index contributed by atoms with van der Waals surface area (Å²) in [6.07, 6.45) is 3.82. The summed E-state index contributed by atoms with van der Waals surface area (Å²) >= 11 is 3.43. The highest BCUT2D eigenvalue weighted by Gasteiger charge is 2.03. The molecule has 0 saturated carbocycles. The molecule has 4 nitrogen and oxygen atoms in total. The Balaban J connectivity index is 1.83. The van der Waals surface area contributed by atoms with Crippen molar-refractivity contribution in [2.75, 3.05) is 6.61 Å². The fourth-order valence-corrected chi connectivity index (χ4v) is 2.20. The molecule has 0 fully saturated rings. The number of ether oxygens (including phenoxy) is 1. The Hall–Kier alpha value is -1.33. The molecule has 0 radical (unpaired) electrons. The summed E-state index contributed by atoms with van der Waals surface area (Å²) in [5.41, 5.74) is 0. The van der Waals surface area contributed by atoms with E-state index in [9.17, 15) is 0 Å². The number of nitrogens with zero attached hydrogens (tertiary/aromatic N) is 2. The highest BCUT2D eigenvalue weighted by Crippen LogP contribution is 2.17. The van der Waals surface area contributed by atoms with Gasteiger partial charge in [-0.1, -0.05) is 35.8 Å². The molecule has 5 heteroatoms. The van der Waals surface area contributed by atoms with Crippen LogP contribution in [0.1, 0.15) is 19.7 Å². The minimum absolute atomic E-state index is 0.457. The highest BCUT2D eigenvalue weighted by molar-refractivity contribution is 9.10. The number of rotatable bonds is 7. The first-order valence-corrected chi connectivity index (χ1v) is 7.56. The van der Waals surface area contributed by atoms with Gasteiger partial charge < -0.3 is 14.6 Å². The van der Waals surface area contributed by atoms with Gasteiger partial charge in [0, 0.05) is 22.9 Å². The quantitative estimate of drug-likeness (QED) is 0.843. The van der Waals surface area contributed by atoms with Crippen LogP contribution in [0.3, 0.4) is 0 Å². The number of hydrogen-bond acceptors (Lipinski definition) is 3. The minimum Gasteiger partial charge on any atom is -0.492 e. The van der Waals surface area contributed by atoms with Gasteiger partial charge in [-0.05, 0) is 18.2 Å². The van der Waals surface area contributed by atoms with Gasteiger partial charge in [-0.2, -0.15) is 0 Å². The maximum Gasteiger partial charge on any atom is 0.122 e. The third-order valence-electron chi connectivity index (χ3n) is 2.87. The summed E-state index contributed by atoms with van der Waals surface area (Å²) in [5.74, 6) is 1.91. The SMILES string of the molecule is CC(C)NCc1nccn1CCOc1cccc(Br)c1. The van der Waals surface area contributed by atoms with Gasteiger partial charge in [0.05, 0.1) is 13.1 Å². The second-order valence-corrected chi connectivity index (χ2v) is 5.79. The van der Waals surface area contributed by atoms with E-state index in [-0.39, 0.29) is 0 Å².